The molecule has 1 amide bonds. The largest absolute Gasteiger partial charge is 0.356 e. The molecule has 228 valence electrons. The van der Waals surface area contributed by atoms with Crippen molar-refractivity contribution in [3.05, 3.63) is 83.3 Å². The van der Waals surface area contributed by atoms with E-state index in [1.54, 1.807) is 11.8 Å². The van der Waals surface area contributed by atoms with Crippen LogP contribution in [0, 0.1) is 0 Å². The molecule has 3 fully saturated rings. The maximum Gasteiger partial charge on any atom is 0.252 e. The maximum atomic E-state index is 12.9. The summed E-state index contributed by atoms with van der Waals surface area (Å²) in [6, 6.07) is 21.0. The molecule has 0 spiro atoms. The van der Waals surface area contributed by atoms with Gasteiger partial charge in [0.2, 0.25) is 0 Å². The number of amides is 1. The van der Waals surface area contributed by atoms with Crippen LogP contribution in [0.5, 0.6) is 0 Å². The molecule has 1 saturated carbocycles. The number of carbonyl (C=O) groups excluding carboxylic acids is 1. The molecule has 2 aromatic carbocycles. The summed E-state index contributed by atoms with van der Waals surface area (Å²) in [5, 5.41) is 9.30. The van der Waals surface area contributed by atoms with Crippen LogP contribution in [0.4, 0.5) is 0 Å². The van der Waals surface area contributed by atoms with Crippen molar-refractivity contribution in [1.82, 2.24) is 25.0 Å². The second-order valence-electron chi connectivity index (χ2n) is 12.2. The third-order valence-corrected chi connectivity index (χ3v) is 9.82. The number of hydrogen-bond acceptors (Lipinski definition) is 6. The zero-order chi connectivity index (χ0) is 29.7. The van der Waals surface area contributed by atoms with Gasteiger partial charge >= 0.3 is 0 Å². The maximum absolute atomic E-state index is 12.9. The van der Waals surface area contributed by atoms with Crippen molar-refractivity contribution < 1.29 is 9.53 Å². The van der Waals surface area contributed by atoms with Crippen molar-refractivity contribution in [2.45, 2.75) is 79.8 Å². The predicted molar refractivity (Wildman–Crippen MR) is 177 cm³/mol. The lowest BCUT2D eigenvalue weighted by molar-refractivity contribution is -0.0367. The van der Waals surface area contributed by atoms with Crippen LogP contribution < -0.4 is 5.32 Å². The van der Waals surface area contributed by atoms with E-state index in [0.717, 1.165) is 101 Å². The predicted octanol–water partition coefficient (Wildman–Crippen LogP) is 7.37. The Balaban J connectivity index is 1.13. The molecule has 4 aromatic rings. The minimum absolute atomic E-state index is 0.00835. The highest BCUT2D eigenvalue weighted by Crippen LogP contribution is 2.36. The number of aromatic nitrogens is 3. The Morgan fingerprint density at radius 1 is 0.977 bits per heavy atom. The standard InChI is InChI=1S/C36H41N5O2S/c42-36(38-28-15-16-28)31-12-1-2-13-34(31)44-29-18-19-30-32(39-41(33(30)25-29)35-14-3-6-24-43-35)20-17-27-10-7-9-26(37-27)11-8-23-40-21-4-5-22-40/h1-2,7,9-10,12-13,17-20,25,28,35H,3-6,8,11,14-16,21-24H2,(H,38,42)/b20-17+. The van der Waals surface area contributed by atoms with Crippen molar-refractivity contribution in [2.24, 2.45) is 0 Å². The molecule has 3 aliphatic rings. The minimum atomic E-state index is -0.0812. The monoisotopic (exact) mass is 607 g/mol. The zero-order valence-electron chi connectivity index (χ0n) is 25.3. The average Bonchev–Trinajstić information content (AvgIpc) is 3.57. The highest BCUT2D eigenvalue weighted by atomic mass is 32.2. The van der Waals surface area contributed by atoms with Gasteiger partial charge in [-0.15, -0.1) is 0 Å². The number of pyridine rings is 1. The number of hydrogen-bond donors (Lipinski definition) is 1. The van der Waals surface area contributed by atoms with Crippen LogP contribution in [-0.4, -0.2) is 57.9 Å². The first-order chi connectivity index (χ1) is 21.7. The molecule has 1 N–H and O–H groups in total. The number of nitrogens with one attached hydrogen (secondary N) is 1. The Bertz CT molecular complexity index is 1630. The number of nitrogens with zero attached hydrogens (tertiary/aromatic N) is 4. The van der Waals surface area contributed by atoms with E-state index in [1.807, 2.05) is 24.3 Å². The van der Waals surface area contributed by atoms with Gasteiger partial charge in [0.1, 0.15) is 0 Å². The molecule has 1 atom stereocenters. The summed E-state index contributed by atoms with van der Waals surface area (Å²) in [4.78, 5) is 22.5. The van der Waals surface area contributed by atoms with Crippen LogP contribution >= 0.6 is 11.8 Å². The zero-order valence-corrected chi connectivity index (χ0v) is 26.1. The molecule has 0 bridgehead atoms. The summed E-state index contributed by atoms with van der Waals surface area (Å²) in [6.07, 6.45) is 14.2. The van der Waals surface area contributed by atoms with Crippen LogP contribution in [0.2, 0.25) is 0 Å². The molecule has 2 aromatic heterocycles. The Hall–Kier alpha value is -3.46. The molecular formula is C36H41N5O2S. The van der Waals surface area contributed by atoms with E-state index >= 15 is 0 Å². The highest BCUT2D eigenvalue weighted by molar-refractivity contribution is 7.99. The molecule has 7 nitrogen and oxygen atoms in total. The van der Waals surface area contributed by atoms with E-state index in [-0.39, 0.29) is 12.1 Å². The first-order valence-corrected chi connectivity index (χ1v) is 17.1. The van der Waals surface area contributed by atoms with Gasteiger partial charge in [-0.2, -0.15) is 5.10 Å². The van der Waals surface area contributed by atoms with E-state index in [9.17, 15) is 4.79 Å². The van der Waals surface area contributed by atoms with Gasteiger partial charge in [-0.3, -0.25) is 9.78 Å². The fraction of sp³-hybridized carbons (Fsp3) is 0.417. The summed E-state index contributed by atoms with van der Waals surface area (Å²) in [5.41, 5.74) is 4.78. The van der Waals surface area contributed by atoms with Gasteiger partial charge < -0.3 is 15.0 Å². The lowest BCUT2D eigenvalue weighted by Crippen LogP contribution is -2.25. The number of likely N-dealkylation sites (tertiary alicyclic amines) is 1. The van der Waals surface area contributed by atoms with Crippen LogP contribution in [0.25, 0.3) is 23.1 Å². The van der Waals surface area contributed by atoms with Crippen molar-refractivity contribution in [3.63, 3.8) is 0 Å². The molecular weight excluding hydrogens is 566 g/mol. The second kappa shape index (κ2) is 13.7. The molecule has 44 heavy (non-hydrogen) atoms. The third-order valence-electron chi connectivity index (χ3n) is 8.75. The molecule has 7 rings (SSSR count). The Morgan fingerprint density at radius 3 is 2.70 bits per heavy atom. The number of aryl methyl sites for hydroxylation is 1. The van der Waals surface area contributed by atoms with Crippen molar-refractivity contribution in [2.75, 3.05) is 26.2 Å². The summed E-state index contributed by atoms with van der Waals surface area (Å²) in [6.45, 7) is 4.40. The Labute approximate surface area is 264 Å². The first kappa shape index (κ1) is 29.3. The number of rotatable bonds is 11. The van der Waals surface area contributed by atoms with Gasteiger partial charge in [0.15, 0.2) is 6.23 Å². The fourth-order valence-electron chi connectivity index (χ4n) is 6.21. The highest BCUT2D eigenvalue weighted by Gasteiger charge is 2.25. The van der Waals surface area contributed by atoms with Gasteiger partial charge in [-0.25, -0.2) is 4.68 Å². The van der Waals surface area contributed by atoms with Gasteiger partial charge in [0, 0.05) is 33.5 Å². The normalized spacial score (nSPS) is 19.2. The smallest absolute Gasteiger partial charge is 0.252 e. The number of carbonyl (C=O) groups is 1. The molecule has 2 saturated heterocycles. The third kappa shape index (κ3) is 7.09. The summed E-state index contributed by atoms with van der Waals surface area (Å²) < 4.78 is 8.25. The molecule has 1 unspecified atom stereocenters. The van der Waals surface area contributed by atoms with Gasteiger partial charge in [0.05, 0.1) is 22.5 Å². The van der Waals surface area contributed by atoms with Gasteiger partial charge in [-0.1, -0.05) is 30.0 Å². The van der Waals surface area contributed by atoms with E-state index in [4.69, 9.17) is 14.8 Å². The molecule has 8 heteroatoms. The van der Waals surface area contributed by atoms with Crippen molar-refractivity contribution >= 4 is 40.7 Å². The van der Waals surface area contributed by atoms with Crippen LogP contribution in [0.1, 0.15) is 85.0 Å². The second-order valence-corrected chi connectivity index (χ2v) is 13.3. The van der Waals surface area contributed by atoms with Gasteiger partial charge in [0.25, 0.3) is 5.91 Å². The van der Waals surface area contributed by atoms with Crippen LogP contribution in [0.3, 0.4) is 0 Å². The van der Waals surface area contributed by atoms with Crippen LogP contribution in [0.15, 0.2) is 70.5 Å². The summed E-state index contributed by atoms with van der Waals surface area (Å²) in [7, 11) is 0. The van der Waals surface area contributed by atoms with Gasteiger partial charge in [-0.05, 0) is 132 Å². The number of ether oxygens (including phenoxy) is 1. The molecule has 1 aliphatic carbocycles. The number of benzene rings is 2. The fourth-order valence-corrected chi connectivity index (χ4v) is 7.19. The molecule has 4 heterocycles. The lowest BCUT2D eigenvalue weighted by Gasteiger charge is -2.23. The quantitative estimate of drug-likeness (QED) is 0.192. The minimum Gasteiger partial charge on any atom is -0.356 e. The van der Waals surface area contributed by atoms with E-state index in [1.165, 1.54) is 25.9 Å². The van der Waals surface area contributed by atoms with Crippen LogP contribution in [-0.2, 0) is 11.2 Å². The van der Waals surface area contributed by atoms with E-state index in [2.05, 4.69) is 63.4 Å². The molecule has 0 radical (unpaired) electrons. The Kier molecular flexibility index (Phi) is 9.09. The topological polar surface area (TPSA) is 72.3 Å². The Morgan fingerprint density at radius 2 is 1.86 bits per heavy atom. The van der Waals surface area contributed by atoms with E-state index in [0.29, 0.717) is 6.04 Å². The number of fused-ring (bicyclic) bond motifs is 1. The first-order valence-electron chi connectivity index (χ1n) is 16.3. The SMILES string of the molecule is O=C(NC1CC1)c1ccccc1Sc1ccc2c(/C=C/c3cccc(CCCN4CCCC4)n3)nn(C3CCCCO3)c2c1. The van der Waals surface area contributed by atoms with Crippen molar-refractivity contribution in [1.29, 1.82) is 0 Å². The summed E-state index contributed by atoms with van der Waals surface area (Å²) in [5.74, 6) is 0.00835. The lowest BCUT2D eigenvalue weighted by atomic mass is 10.1. The average molecular weight is 608 g/mol. The molecule has 2 aliphatic heterocycles. The van der Waals surface area contributed by atoms with E-state index < -0.39 is 0 Å². The van der Waals surface area contributed by atoms with Crippen molar-refractivity contribution in [3.8, 4) is 0 Å². The summed E-state index contributed by atoms with van der Waals surface area (Å²) >= 11 is 1.62.